The molecule has 0 unspecified atom stereocenters. The molecule has 0 spiro atoms. The number of ether oxygens (including phenoxy) is 1. The highest BCUT2D eigenvalue weighted by molar-refractivity contribution is 5.73. The number of nitrogens with one attached hydrogen (secondary N) is 2. The SMILES string of the molecule is O=C(NC[C@H]1CN[C@H](C(=O)O)C1)OCc1ccccc1. The Morgan fingerprint density at radius 3 is 2.75 bits per heavy atom. The Balaban J connectivity index is 1.65. The number of carboxylic acid groups (broad SMARTS) is 1. The standard InChI is InChI=1S/C14H18N2O4/c17-13(18)12-6-11(7-15-12)8-16-14(19)20-9-10-4-2-1-3-5-10/h1-5,11-12,15H,6-9H2,(H,16,19)(H,17,18)/t11-,12+/m1/s1. The van der Waals surface area contributed by atoms with E-state index in [-0.39, 0.29) is 12.5 Å². The first-order valence-electron chi connectivity index (χ1n) is 6.56. The zero-order valence-corrected chi connectivity index (χ0v) is 11.0. The molecule has 1 aromatic rings. The van der Waals surface area contributed by atoms with Crippen molar-refractivity contribution < 1.29 is 19.4 Å². The summed E-state index contributed by atoms with van der Waals surface area (Å²) in [4.78, 5) is 22.3. The maximum Gasteiger partial charge on any atom is 0.407 e. The molecule has 108 valence electrons. The molecule has 20 heavy (non-hydrogen) atoms. The fourth-order valence-corrected chi connectivity index (χ4v) is 2.15. The number of alkyl carbamates (subject to hydrolysis) is 1. The van der Waals surface area contributed by atoms with Crippen LogP contribution in [-0.2, 0) is 16.1 Å². The Hall–Kier alpha value is -2.08. The Morgan fingerprint density at radius 2 is 2.10 bits per heavy atom. The summed E-state index contributed by atoms with van der Waals surface area (Å²) in [6.45, 7) is 1.24. The molecule has 6 nitrogen and oxygen atoms in total. The van der Waals surface area contributed by atoms with Crippen molar-refractivity contribution in [3.05, 3.63) is 35.9 Å². The molecule has 0 bridgehead atoms. The normalized spacial score (nSPS) is 21.4. The fourth-order valence-electron chi connectivity index (χ4n) is 2.15. The van der Waals surface area contributed by atoms with Crippen LogP contribution in [0.4, 0.5) is 4.79 Å². The van der Waals surface area contributed by atoms with Crippen molar-refractivity contribution in [3.63, 3.8) is 0 Å². The number of hydrogen-bond acceptors (Lipinski definition) is 4. The third-order valence-electron chi connectivity index (χ3n) is 3.27. The van der Waals surface area contributed by atoms with Gasteiger partial charge in [-0.1, -0.05) is 30.3 Å². The minimum atomic E-state index is -0.848. The number of benzene rings is 1. The van der Waals surface area contributed by atoms with Crippen molar-refractivity contribution in [3.8, 4) is 0 Å². The quantitative estimate of drug-likeness (QED) is 0.747. The largest absolute Gasteiger partial charge is 0.480 e. The van der Waals surface area contributed by atoms with E-state index >= 15 is 0 Å². The minimum Gasteiger partial charge on any atom is -0.480 e. The average Bonchev–Trinajstić information content (AvgIpc) is 2.93. The Morgan fingerprint density at radius 1 is 1.35 bits per heavy atom. The molecule has 1 aliphatic heterocycles. The van der Waals surface area contributed by atoms with Crippen LogP contribution >= 0.6 is 0 Å². The van der Waals surface area contributed by atoms with Gasteiger partial charge in [-0.05, 0) is 17.9 Å². The van der Waals surface area contributed by atoms with E-state index in [0.29, 0.717) is 19.5 Å². The second-order valence-electron chi connectivity index (χ2n) is 4.84. The number of amides is 1. The lowest BCUT2D eigenvalue weighted by atomic mass is 10.1. The second-order valence-corrected chi connectivity index (χ2v) is 4.84. The number of carbonyl (C=O) groups is 2. The average molecular weight is 278 g/mol. The summed E-state index contributed by atoms with van der Waals surface area (Å²) in [7, 11) is 0. The van der Waals surface area contributed by atoms with E-state index in [4.69, 9.17) is 9.84 Å². The molecule has 0 saturated carbocycles. The van der Waals surface area contributed by atoms with E-state index in [9.17, 15) is 9.59 Å². The maximum absolute atomic E-state index is 11.5. The lowest BCUT2D eigenvalue weighted by molar-refractivity contribution is -0.139. The number of carboxylic acids is 1. The smallest absolute Gasteiger partial charge is 0.407 e. The van der Waals surface area contributed by atoms with E-state index in [1.54, 1.807) is 0 Å². The number of carbonyl (C=O) groups excluding carboxylic acids is 1. The zero-order chi connectivity index (χ0) is 14.4. The van der Waals surface area contributed by atoms with Crippen molar-refractivity contribution >= 4 is 12.1 Å². The summed E-state index contributed by atoms with van der Waals surface area (Å²) in [6.07, 6.45) is 0.0431. The predicted molar refractivity (Wildman–Crippen MR) is 72.2 cm³/mol. The van der Waals surface area contributed by atoms with Crippen LogP contribution in [0, 0.1) is 5.92 Å². The first-order valence-corrected chi connectivity index (χ1v) is 6.56. The van der Waals surface area contributed by atoms with Crippen LogP contribution < -0.4 is 10.6 Å². The summed E-state index contributed by atoms with van der Waals surface area (Å²) in [6, 6.07) is 8.91. The van der Waals surface area contributed by atoms with Gasteiger partial charge in [0.05, 0.1) is 0 Å². The van der Waals surface area contributed by atoms with Gasteiger partial charge in [-0.25, -0.2) is 4.79 Å². The van der Waals surface area contributed by atoms with Gasteiger partial charge in [0, 0.05) is 13.1 Å². The molecular weight excluding hydrogens is 260 g/mol. The van der Waals surface area contributed by atoms with Crippen LogP contribution in [0.25, 0.3) is 0 Å². The van der Waals surface area contributed by atoms with Gasteiger partial charge in [-0.15, -0.1) is 0 Å². The molecular formula is C14H18N2O4. The number of rotatable bonds is 5. The van der Waals surface area contributed by atoms with Gasteiger partial charge in [0.2, 0.25) is 0 Å². The number of hydrogen-bond donors (Lipinski definition) is 3. The molecule has 1 saturated heterocycles. The zero-order valence-electron chi connectivity index (χ0n) is 11.0. The molecule has 0 aliphatic carbocycles. The molecule has 0 aromatic heterocycles. The van der Waals surface area contributed by atoms with Gasteiger partial charge in [-0.2, -0.15) is 0 Å². The van der Waals surface area contributed by atoms with Gasteiger partial charge < -0.3 is 20.5 Å². The third kappa shape index (κ3) is 4.24. The maximum atomic E-state index is 11.5. The topological polar surface area (TPSA) is 87.7 Å². The monoisotopic (exact) mass is 278 g/mol. The predicted octanol–water partition coefficient (Wildman–Crippen LogP) is 0.975. The van der Waals surface area contributed by atoms with E-state index < -0.39 is 18.1 Å². The molecule has 6 heteroatoms. The van der Waals surface area contributed by atoms with Gasteiger partial charge in [0.15, 0.2) is 0 Å². The Bertz CT molecular complexity index is 464. The Kier molecular flexibility index (Phi) is 4.95. The lowest BCUT2D eigenvalue weighted by Gasteiger charge is -2.10. The molecule has 3 N–H and O–H groups in total. The number of aliphatic carboxylic acids is 1. The molecule has 2 atom stereocenters. The van der Waals surface area contributed by atoms with Crippen LogP contribution in [0.15, 0.2) is 30.3 Å². The highest BCUT2D eigenvalue weighted by Crippen LogP contribution is 2.13. The van der Waals surface area contributed by atoms with Crippen molar-refractivity contribution in [2.75, 3.05) is 13.1 Å². The van der Waals surface area contributed by atoms with Crippen molar-refractivity contribution in [1.82, 2.24) is 10.6 Å². The van der Waals surface area contributed by atoms with E-state index in [2.05, 4.69) is 10.6 Å². The molecule has 1 aromatic carbocycles. The molecule has 1 amide bonds. The van der Waals surface area contributed by atoms with Crippen molar-refractivity contribution in [2.24, 2.45) is 5.92 Å². The van der Waals surface area contributed by atoms with Crippen molar-refractivity contribution in [1.29, 1.82) is 0 Å². The highest BCUT2D eigenvalue weighted by Gasteiger charge is 2.29. The van der Waals surface area contributed by atoms with E-state index in [1.807, 2.05) is 30.3 Å². The molecule has 0 radical (unpaired) electrons. The van der Waals surface area contributed by atoms with E-state index in [0.717, 1.165) is 5.56 Å². The molecule has 1 aliphatic rings. The highest BCUT2D eigenvalue weighted by atomic mass is 16.5. The minimum absolute atomic E-state index is 0.125. The van der Waals surface area contributed by atoms with Crippen molar-refractivity contribution in [2.45, 2.75) is 19.1 Å². The van der Waals surface area contributed by atoms with Crippen LogP contribution in [0.5, 0.6) is 0 Å². The fraction of sp³-hybridized carbons (Fsp3) is 0.429. The summed E-state index contributed by atoms with van der Waals surface area (Å²) in [5, 5.41) is 14.4. The summed E-state index contributed by atoms with van der Waals surface area (Å²) >= 11 is 0. The molecule has 1 heterocycles. The van der Waals surface area contributed by atoms with Gasteiger partial charge in [-0.3, -0.25) is 4.79 Å². The third-order valence-corrected chi connectivity index (χ3v) is 3.27. The summed E-state index contributed by atoms with van der Waals surface area (Å²) < 4.78 is 5.08. The van der Waals surface area contributed by atoms with Gasteiger partial charge in [0.25, 0.3) is 0 Å². The van der Waals surface area contributed by atoms with Gasteiger partial charge in [0.1, 0.15) is 12.6 Å². The van der Waals surface area contributed by atoms with Crippen LogP contribution in [0.3, 0.4) is 0 Å². The first-order chi connectivity index (χ1) is 9.65. The molecule has 1 fully saturated rings. The lowest BCUT2D eigenvalue weighted by Crippen LogP contribution is -2.30. The first kappa shape index (κ1) is 14.3. The van der Waals surface area contributed by atoms with Crippen LogP contribution in [0.1, 0.15) is 12.0 Å². The summed E-state index contributed by atoms with van der Waals surface area (Å²) in [5.41, 5.74) is 0.927. The second kappa shape index (κ2) is 6.91. The van der Waals surface area contributed by atoms with Crippen LogP contribution in [-0.4, -0.2) is 36.3 Å². The Labute approximate surface area is 117 Å². The molecule has 2 rings (SSSR count). The summed E-state index contributed by atoms with van der Waals surface area (Å²) in [5.74, 6) is -0.723. The van der Waals surface area contributed by atoms with E-state index in [1.165, 1.54) is 0 Å². The van der Waals surface area contributed by atoms with Crippen LogP contribution in [0.2, 0.25) is 0 Å². The van der Waals surface area contributed by atoms with Gasteiger partial charge >= 0.3 is 12.1 Å².